The molecule has 0 aliphatic heterocycles. The van der Waals surface area contributed by atoms with Crippen molar-refractivity contribution in [3.05, 3.63) is 42.1 Å². The van der Waals surface area contributed by atoms with Crippen molar-refractivity contribution in [3.63, 3.8) is 0 Å². The summed E-state index contributed by atoms with van der Waals surface area (Å²) in [4.78, 5) is 0. The van der Waals surface area contributed by atoms with Crippen LogP contribution >= 0.6 is 0 Å². The van der Waals surface area contributed by atoms with E-state index in [4.69, 9.17) is 9.52 Å². The van der Waals surface area contributed by atoms with Gasteiger partial charge in [0.05, 0.1) is 24.0 Å². The average molecular weight is 287 g/mol. The molecule has 0 saturated heterocycles. The molecule has 0 spiro atoms. The Bertz CT molecular complexity index is 526. The van der Waals surface area contributed by atoms with Gasteiger partial charge in [0.15, 0.2) is 0 Å². The molecule has 4 heteroatoms. The van der Waals surface area contributed by atoms with Crippen LogP contribution in [0.1, 0.15) is 62.6 Å². The van der Waals surface area contributed by atoms with Crippen LogP contribution < -0.4 is 5.32 Å². The molecule has 0 radical (unpaired) electrons. The Morgan fingerprint density at radius 1 is 1.33 bits per heavy atom. The summed E-state index contributed by atoms with van der Waals surface area (Å²) < 4.78 is 7.73. The van der Waals surface area contributed by atoms with E-state index in [1.807, 2.05) is 12.1 Å². The van der Waals surface area contributed by atoms with Crippen LogP contribution in [0.3, 0.4) is 0 Å². The molecule has 3 rings (SSSR count). The van der Waals surface area contributed by atoms with Crippen LogP contribution in [0.5, 0.6) is 0 Å². The lowest BCUT2D eigenvalue weighted by molar-refractivity contribution is 0.327. The van der Waals surface area contributed by atoms with E-state index in [0.717, 1.165) is 24.4 Å². The summed E-state index contributed by atoms with van der Waals surface area (Å²) in [5.74, 6) is 0.990. The van der Waals surface area contributed by atoms with Crippen LogP contribution in [-0.2, 0) is 6.42 Å². The molecule has 114 valence electrons. The van der Waals surface area contributed by atoms with Gasteiger partial charge in [-0.15, -0.1) is 0 Å². The van der Waals surface area contributed by atoms with Gasteiger partial charge in [-0.2, -0.15) is 5.10 Å². The predicted octanol–water partition coefficient (Wildman–Crippen LogP) is 3.87. The van der Waals surface area contributed by atoms with Gasteiger partial charge in [0.1, 0.15) is 5.76 Å². The zero-order chi connectivity index (χ0) is 14.5. The second-order valence-corrected chi connectivity index (χ2v) is 5.91. The number of rotatable bonds is 6. The lowest BCUT2D eigenvalue weighted by atomic mass is 9.96. The van der Waals surface area contributed by atoms with Crippen LogP contribution in [0.4, 0.5) is 0 Å². The van der Waals surface area contributed by atoms with Gasteiger partial charge in [0.25, 0.3) is 0 Å². The molecule has 2 aromatic heterocycles. The van der Waals surface area contributed by atoms with Crippen molar-refractivity contribution >= 4 is 0 Å². The second-order valence-electron chi connectivity index (χ2n) is 5.91. The predicted molar refractivity (Wildman–Crippen MR) is 83.2 cm³/mol. The molecule has 0 bridgehead atoms. The Kier molecular flexibility index (Phi) is 4.76. The van der Waals surface area contributed by atoms with E-state index in [1.165, 1.54) is 32.1 Å². The molecule has 2 aromatic rings. The van der Waals surface area contributed by atoms with Gasteiger partial charge < -0.3 is 9.73 Å². The lowest BCUT2D eigenvalue weighted by Crippen LogP contribution is -2.23. The number of hydrogen-bond acceptors (Lipinski definition) is 3. The summed E-state index contributed by atoms with van der Waals surface area (Å²) in [6.45, 7) is 3.05. The highest BCUT2D eigenvalue weighted by Crippen LogP contribution is 2.28. The SMILES string of the molecule is CCNC(Cc1ccn(C2CCCCC2)n1)c1ccco1. The topological polar surface area (TPSA) is 43.0 Å². The van der Waals surface area contributed by atoms with Crippen molar-refractivity contribution in [1.82, 2.24) is 15.1 Å². The number of aromatic nitrogens is 2. The van der Waals surface area contributed by atoms with Gasteiger partial charge in [-0.05, 0) is 37.6 Å². The first-order valence-electron chi connectivity index (χ1n) is 8.17. The Balaban J connectivity index is 1.67. The van der Waals surface area contributed by atoms with Crippen molar-refractivity contribution < 1.29 is 4.42 Å². The lowest BCUT2D eigenvalue weighted by Gasteiger charge is -2.22. The largest absolute Gasteiger partial charge is 0.468 e. The Labute approximate surface area is 126 Å². The third kappa shape index (κ3) is 3.56. The Morgan fingerprint density at radius 3 is 2.90 bits per heavy atom. The zero-order valence-corrected chi connectivity index (χ0v) is 12.8. The van der Waals surface area contributed by atoms with Gasteiger partial charge in [-0.1, -0.05) is 26.2 Å². The molecule has 1 aliphatic carbocycles. The number of nitrogens with zero attached hydrogens (tertiary/aromatic N) is 2. The highest BCUT2D eigenvalue weighted by Gasteiger charge is 2.18. The van der Waals surface area contributed by atoms with Gasteiger partial charge in [-0.3, -0.25) is 4.68 Å². The van der Waals surface area contributed by atoms with Crippen molar-refractivity contribution in [3.8, 4) is 0 Å². The van der Waals surface area contributed by atoms with Crippen LogP contribution in [0.15, 0.2) is 35.1 Å². The maximum atomic E-state index is 5.55. The quantitative estimate of drug-likeness (QED) is 0.877. The summed E-state index contributed by atoms with van der Waals surface area (Å²) in [7, 11) is 0. The van der Waals surface area contributed by atoms with Crippen molar-refractivity contribution in [2.75, 3.05) is 6.54 Å². The van der Waals surface area contributed by atoms with E-state index in [0.29, 0.717) is 6.04 Å². The molecule has 1 fully saturated rings. The van der Waals surface area contributed by atoms with Crippen LogP contribution in [0, 0.1) is 0 Å². The van der Waals surface area contributed by atoms with Gasteiger partial charge in [0, 0.05) is 12.6 Å². The van der Waals surface area contributed by atoms with E-state index in [2.05, 4.69) is 29.2 Å². The molecule has 1 saturated carbocycles. The molecule has 4 nitrogen and oxygen atoms in total. The number of likely N-dealkylation sites (N-methyl/N-ethyl adjacent to an activating group) is 1. The normalized spacial score (nSPS) is 18.0. The van der Waals surface area contributed by atoms with E-state index >= 15 is 0 Å². The first kappa shape index (κ1) is 14.4. The molecular weight excluding hydrogens is 262 g/mol. The van der Waals surface area contributed by atoms with E-state index < -0.39 is 0 Å². The number of nitrogens with one attached hydrogen (secondary N) is 1. The van der Waals surface area contributed by atoms with E-state index in [-0.39, 0.29) is 6.04 Å². The van der Waals surface area contributed by atoms with Crippen molar-refractivity contribution in [1.29, 1.82) is 0 Å². The minimum Gasteiger partial charge on any atom is -0.468 e. The van der Waals surface area contributed by atoms with Gasteiger partial charge in [-0.25, -0.2) is 0 Å². The third-order valence-electron chi connectivity index (χ3n) is 4.36. The first-order valence-corrected chi connectivity index (χ1v) is 8.17. The number of hydrogen-bond donors (Lipinski definition) is 1. The first-order chi connectivity index (χ1) is 10.4. The minimum absolute atomic E-state index is 0.208. The summed E-state index contributed by atoms with van der Waals surface area (Å²) >= 11 is 0. The van der Waals surface area contributed by atoms with Crippen LogP contribution in [-0.4, -0.2) is 16.3 Å². The minimum atomic E-state index is 0.208. The molecular formula is C17H25N3O. The number of furan rings is 1. The van der Waals surface area contributed by atoms with E-state index in [9.17, 15) is 0 Å². The summed E-state index contributed by atoms with van der Waals surface area (Å²) in [6, 6.07) is 6.95. The molecule has 1 N–H and O–H groups in total. The Morgan fingerprint density at radius 2 is 2.19 bits per heavy atom. The molecule has 1 aliphatic rings. The smallest absolute Gasteiger partial charge is 0.121 e. The standard InChI is InChI=1S/C17H25N3O/c1-2-18-16(17-9-6-12-21-17)13-14-10-11-20(19-14)15-7-4-3-5-8-15/h6,9-12,15-16,18H,2-5,7-8,13H2,1H3. The molecule has 21 heavy (non-hydrogen) atoms. The van der Waals surface area contributed by atoms with E-state index in [1.54, 1.807) is 6.26 Å². The molecule has 0 amide bonds. The van der Waals surface area contributed by atoms with Crippen molar-refractivity contribution in [2.24, 2.45) is 0 Å². The highest BCUT2D eigenvalue weighted by atomic mass is 16.3. The molecule has 0 aromatic carbocycles. The third-order valence-corrected chi connectivity index (χ3v) is 4.36. The maximum absolute atomic E-state index is 5.55. The molecule has 1 unspecified atom stereocenters. The zero-order valence-electron chi connectivity index (χ0n) is 12.8. The van der Waals surface area contributed by atoms with Crippen LogP contribution in [0.2, 0.25) is 0 Å². The fraction of sp³-hybridized carbons (Fsp3) is 0.588. The van der Waals surface area contributed by atoms with Gasteiger partial charge in [0.2, 0.25) is 0 Å². The maximum Gasteiger partial charge on any atom is 0.121 e. The highest BCUT2D eigenvalue weighted by molar-refractivity contribution is 5.10. The Hall–Kier alpha value is -1.55. The van der Waals surface area contributed by atoms with Crippen LogP contribution in [0.25, 0.3) is 0 Å². The second kappa shape index (κ2) is 6.94. The fourth-order valence-electron chi connectivity index (χ4n) is 3.25. The molecule has 2 heterocycles. The summed E-state index contributed by atoms with van der Waals surface area (Å²) in [5.41, 5.74) is 1.14. The van der Waals surface area contributed by atoms with Crippen molar-refractivity contribution in [2.45, 2.75) is 57.5 Å². The van der Waals surface area contributed by atoms with Gasteiger partial charge >= 0.3 is 0 Å². The summed E-state index contributed by atoms with van der Waals surface area (Å²) in [6.07, 6.45) is 11.4. The summed E-state index contributed by atoms with van der Waals surface area (Å²) in [5, 5.41) is 8.28. The average Bonchev–Trinajstić information content (AvgIpc) is 3.19. The monoisotopic (exact) mass is 287 g/mol. The molecule has 1 atom stereocenters. The fourth-order valence-corrected chi connectivity index (χ4v) is 3.25.